The highest BCUT2D eigenvalue weighted by molar-refractivity contribution is 6.32. The molecule has 1 atom stereocenters. The standard InChI is InChI=1S/C12H16ClNO4/c1-8-2-3-10(13)11(4-8)18-7-12(17)14-5-9(16)6-15/h2-4,9,15-16H,5-7H2,1H3,(H,14,17). The first kappa shape index (κ1) is 14.8. The minimum Gasteiger partial charge on any atom is -0.482 e. The molecule has 3 N–H and O–H groups in total. The fourth-order valence-corrected chi connectivity index (χ4v) is 1.38. The van der Waals surface area contributed by atoms with Gasteiger partial charge in [0.1, 0.15) is 5.75 Å². The first-order chi connectivity index (χ1) is 8.52. The van der Waals surface area contributed by atoms with Crippen molar-refractivity contribution >= 4 is 17.5 Å². The van der Waals surface area contributed by atoms with Gasteiger partial charge in [-0.05, 0) is 24.6 Å². The third-order valence-electron chi connectivity index (χ3n) is 2.19. The highest BCUT2D eigenvalue weighted by Crippen LogP contribution is 2.24. The van der Waals surface area contributed by atoms with Gasteiger partial charge in [0.25, 0.3) is 5.91 Å². The number of benzene rings is 1. The van der Waals surface area contributed by atoms with Crippen molar-refractivity contribution in [3.05, 3.63) is 28.8 Å². The first-order valence-electron chi connectivity index (χ1n) is 5.47. The van der Waals surface area contributed by atoms with Gasteiger partial charge in [0.2, 0.25) is 0 Å². The second kappa shape index (κ2) is 7.20. The largest absolute Gasteiger partial charge is 0.482 e. The Morgan fingerprint density at radius 2 is 2.28 bits per heavy atom. The van der Waals surface area contributed by atoms with Crippen LogP contribution in [-0.2, 0) is 4.79 Å². The van der Waals surface area contributed by atoms with Crippen molar-refractivity contribution in [2.75, 3.05) is 19.8 Å². The maximum absolute atomic E-state index is 11.4. The lowest BCUT2D eigenvalue weighted by Crippen LogP contribution is -2.36. The molecule has 0 aliphatic carbocycles. The summed E-state index contributed by atoms with van der Waals surface area (Å²) in [4.78, 5) is 11.4. The summed E-state index contributed by atoms with van der Waals surface area (Å²) < 4.78 is 5.26. The van der Waals surface area contributed by atoms with Crippen molar-refractivity contribution in [3.8, 4) is 5.75 Å². The van der Waals surface area contributed by atoms with Gasteiger partial charge >= 0.3 is 0 Å². The smallest absolute Gasteiger partial charge is 0.258 e. The molecule has 1 aromatic carbocycles. The summed E-state index contributed by atoms with van der Waals surface area (Å²) in [5, 5.41) is 20.5. The lowest BCUT2D eigenvalue weighted by Gasteiger charge is -2.11. The summed E-state index contributed by atoms with van der Waals surface area (Å²) in [6, 6.07) is 5.27. The predicted molar refractivity (Wildman–Crippen MR) is 67.8 cm³/mol. The van der Waals surface area contributed by atoms with Crippen molar-refractivity contribution in [1.29, 1.82) is 0 Å². The Morgan fingerprint density at radius 1 is 1.56 bits per heavy atom. The van der Waals surface area contributed by atoms with E-state index in [0.29, 0.717) is 10.8 Å². The summed E-state index contributed by atoms with van der Waals surface area (Å²) >= 11 is 5.90. The van der Waals surface area contributed by atoms with Gasteiger partial charge in [0, 0.05) is 6.54 Å². The molecule has 0 saturated heterocycles. The van der Waals surface area contributed by atoms with Gasteiger partial charge in [-0.2, -0.15) is 0 Å². The quantitative estimate of drug-likeness (QED) is 0.705. The van der Waals surface area contributed by atoms with Crippen LogP contribution in [0, 0.1) is 6.92 Å². The molecule has 0 saturated carbocycles. The fourth-order valence-electron chi connectivity index (χ4n) is 1.21. The summed E-state index contributed by atoms with van der Waals surface area (Å²) in [6.07, 6.45) is -0.962. The summed E-state index contributed by atoms with van der Waals surface area (Å²) in [5.41, 5.74) is 0.977. The molecule has 0 fully saturated rings. The number of carbonyl (C=O) groups excluding carboxylic acids is 1. The molecule has 0 aromatic heterocycles. The molecule has 1 unspecified atom stereocenters. The Kier molecular flexibility index (Phi) is 5.91. The van der Waals surface area contributed by atoms with Crippen LogP contribution >= 0.6 is 11.6 Å². The molecule has 1 rings (SSSR count). The lowest BCUT2D eigenvalue weighted by atomic mass is 10.2. The van der Waals surface area contributed by atoms with Crippen LogP contribution in [0.4, 0.5) is 0 Å². The zero-order chi connectivity index (χ0) is 13.5. The summed E-state index contributed by atoms with van der Waals surface area (Å²) in [5.74, 6) is 0.0506. The molecule has 0 aliphatic rings. The molecule has 0 bridgehead atoms. The van der Waals surface area contributed by atoms with E-state index in [1.165, 1.54) is 0 Å². The molecule has 5 nitrogen and oxygen atoms in total. The van der Waals surface area contributed by atoms with E-state index in [4.69, 9.17) is 26.6 Å². The second-order valence-electron chi connectivity index (χ2n) is 3.86. The molecule has 100 valence electrons. The Balaban J connectivity index is 2.40. The highest BCUT2D eigenvalue weighted by atomic mass is 35.5. The van der Waals surface area contributed by atoms with Crippen LogP contribution < -0.4 is 10.1 Å². The van der Waals surface area contributed by atoms with Crippen molar-refractivity contribution in [2.24, 2.45) is 0 Å². The number of hydrogen-bond donors (Lipinski definition) is 3. The van der Waals surface area contributed by atoms with E-state index in [0.717, 1.165) is 5.56 Å². The Labute approximate surface area is 110 Å². The maximum atomic E-state index is 11.4. The Morgan fingerprint density at radius 3 is 2.94 bits per heavy atom. The number of aliphatic hydroxyl groups is 2. The highest BCUT2D eigenvalue weighted by Gasteiger charge is 2.08. The summed E-state index contributed by atoms with van der Waals surface area (Å²) in [6.45, 7) is 1.28. The third-order valence-corrected chi connectivity index (χ3v) is 2.50. The van der Waals surface area contributed by atoms with E-state index < -0.39 is 12.7 Å². The SMILES string of the molecule is Cc1ccc(Cl)c(OCC(=O)NCC(O)CO)c1. The van der Waals surface area contributed by atoms with Crippen LogP contribution in [0.25, 0.3) is 0 Å². The first-order valence-corrected chi connectivity index (χ1v) is 5.85. The van der Waals surface area contributed by atoms with Gasteiger partial charge < -0.3 is 20.3 Å². The normalized spacial score (nSPS) is 12.0. The summed E-state index contributed by atoms with van der Waals surface area (Å²) in [7, 11) is 0. The zero-order valence-corrected chi connectivity index (χ0v) is 10.8. The van der Waals surface area contributed by atoms with E-state index in [-0.39, 0.29) is 19.1 Å². The van der Waals surface area contributed by atoms with Crippen molar-refractivity contribution in [1.82, 2.24) is 5.32 Å². The minimum atomic E-state index is -0.962. The molecular weight excluding hydrogens is 258 g/mol. The van der Waals surface area contributed by atoms with Crippen LogP contribution in [0.15, 0.2) is 18.2 Å². The molecule has 6 heteroatoms. The Bertz CT molecular complexity index is 411. The van der Waals surface area contributed by atoms with Gasteiger partial charge in [0.15, 0.2) is 6.61 Å². The number of nitrogens with one attached hydrogen (secondary N) is 1. The van der Waals surface area contributed by atoms with Crippen LogP contribution in [0.5, 0.6) is 5.75 Å². The molecule has 1 amide bonds. The zero-order valence-electron chi connectivity index (χ0n) is 10.0. The molecule has 0 heterocycles. The third kappa shape index (κ3) is 4.91. The molecule has 0 aliphatic heterocycles. The average Bonchev–Trinajstić information content (AvgIpc) is 2.36. The van der Waals surface area contributed by atoms with Crippen LogP contribution in [-0.4, -0.2) is 42.0 Å². The van der Waals surface area contributed by atoms with E-state index >= 15 is 0 Å². The van der Waals surface area contributed by atoms with Crippen LogP contribution in [0.3, 0.4) is 0 Å². The number of ether oxygens (including phenoxy) is 1. The molecule has 1 aromatic rings. The van der Waals surface area contributed by atoms with Crippen molar-refractivity contribution in [3.63, 3.8) is 0 Å². The predicted octanol–water partition coefficient (Wildman–Crippen LogP) is 0.497. The minimum absolute atomic E-state index is 0.0136. The number of hydrogen-bond acceptors (Lipinski definition) is 4. The molecular formula is C12H16ClNO4. The van der Waals surface area contributed by atoms with E-state index in [9.17, 15) is 4.79 Å². The van der Waals surface area contributed by atoms with Gasteiger partial charge in [-0.15, -0.1) is 0 Å². The topological polar surface area (TPSA) is 78.8 Å². The molecule has 0 radical (unpaired) electrons. The number of rotatable bonds is 6. The van der Waals surface area contributed by atoms with E-state index in [1.54, 1.807) is 12.1 Å². The lowest BCUT2D eigenvalue weighted by molar-refractivity contribution is -0.123. The fraction of sp³-hybridized carbons (Fsp3) is 0.417. The Hall–Kier alpha value is -1.30. The number of halogens is 1. The van der Waals surface area contributed by atoms with Gasteiger partial charge in [0.05, 0.1) is 17.7 Å². The number of carbonyl (C=O) groups is 1. The second-order valence-corrected chi connectivity index (χ2v) is 4.27. The maximum Gasteiger partial charge on any atom is 0.258 e. The van der Waals surface area contributed by atoms with Crippen LogP contribution in [0.1, 0.15) is 5.56 Å². The van der Waals surface area contributed by atoms with E-state index in [1.807, 2.05) is 13.0 Å². The number of aliphatic hydroxyl groups excluding tert-OH is 2. The van der Waals surface area contributed by atoms with Gasteiger partial charge in [-0.25, -0.2) is 0 Å². The van der Waals surface area contributed by atoms with E-state index in [2.05, 4.69) is 5.32 Å². The van der Waals surface area contributed by atoms with Crippen molar-refractivity contribution in [2.45, 2.75) is 13.0 Å². The van der Waals surface area contributed by atoms with Gasteiger partial charge in [-0.1, -0.05) is 17.7 Å². The van der Waals surface area contributed by atoms with Crippen LogP contribution in [0.2, 0.25) is 5.02 Å². The molecule has 18 heavy (non-hydrogen) atoms. The van der Waals surface area contributed by atoms with Crippen molar-refractivity contribution < 1.29 is 19.7 Å². The monoisotopic (exact) mass is 273 g/mol. The number of aryl methyl sites for hydroxylation is 1. The average molecular weight is 274 g/mol. The van der Waals surface area contributed by atoms with Gasteiger partial charge in [-0.3, -0.25) is 4.79 Å². The molecule has 0 spiro atoms. The number of amides is 1.